The molecule has 1 aliphatic heterocycles. The second-order valence-corrected chi connectivity index (χ2v) is 4.26. The lowest BCUT2D eigenvalue weighted by atomic mass is 10.1. The summed E-state index contributed by atoms with van der Waals surface area (Å²) < 4.78 is 27.3. The van der Waals surface area contributed by atoms with E-state index >= 15 is 0 Å². The molecule has 1 heterocycles. The van der Waals surface area contributed by atoms with Crippen molar-refractivity contribution in [3.8, 4) is 0 Å². The Bertz CT molecular complexity index is 571. The molecule has 1 unspecified atom stereocenters. The van der Waals surface area contributed by atoms with Crippen molar-refractivity contribution < 1.29 is 23.5 Å². The number of hydrogen-bond acceptors (Lipinski definition) is 2. The highest BCUT2D eigenvalue weighted by Crippen LogP contribution is 2.30. The average Bonchev–Trinajstić information content (AvgIpc) is 2.70. The van der Waals surface area contributed by atoms with Gasteiger partial charge < -0.3 is 10.0 Å². The Labute approximate surface area is 107 Å². The summed E-state index contributed by atoms with van der Waals surface area (Å²) in [5, 5.41) is 8.78. The third-order valence-electron chi connectivity index (χ3n) is 3.06. The molecule has 1 atom stereocenters. The van der Waals surface area contributed by atoms with E-state index in [1.165, 1.54) is 0 Å². The van der Waals surface area contributed by atoms with E-state index in [0.717, 1.165) is 17.0 Å². The number of anilines is 1. The Morgan fingerprint density at radius 2 is 2.16 bits per heavy atom. The molecular formula is C13H11F2NO3. The molecule has 100 valence electrons. The molecule has 1 N–H and O–H groups in total. The van der Waals surface area contributed by atoms with Gasteiger partial charge in [-0.25, -0.2) is 13.6 Å². The minimum atomic E-state index is -1.70. The first kappa shape index (κ1) is 13.2. The predicted molar refractivity (Wildman–Crippen MR) is 64.0 cm³/mol. The first-order valence-corrected chi connectivity index (χ1v) is 5.60. The molecule has 1 fully saturated rings. The van der Waals surface area contributed by atoms with Gasteiger partial charge in [-0.1, -0.05) is 6.08 Å². The van der Waals surface area contributed by atoms with Crippen LogP contribution in [0.15, 0.2) is 24.8 Å². The van der Waals surface area contributed by atoms with Crippen LogP contribution in [0.4, 0.5) is 14.5 Å². The van der Waals surface area contributed by atoms with Crippen LogP contribution in [0, 0.1) is 17.6 Å². The maximum absolute atomic E-state index is 14.0. The molecule has 1 aromatic carbocycles. The number of carboxylic acid groups (broad SMARTS) is 1. The van der Waals surface area contributed by atoms with Crippen LogP contribution in [-0.4, -0.2) is 23.5 Å². The zero-order chi connectivity index (χ0) is 14.2. The summed E-state index contributed by atoms with van der Waals surface area (Å²) in [6, 6.07) is 1.91. The summed E-state index contributed by atoms with van der Waals surface area (Å²) >= 11 is 0. The highest BCUT2D eigenvalue weighted by atomic mass is 19.1. The van der Waals surface area contributed by atoms with Gasteiger partial charge in [0.1, 0.15) is 11.4 Å². The van der Waals surface area contributed by atoms with Gasteiger partial charge in [0.25, 0.3) is 0 Å². The summed E-state index contributed by atoms with van der Waals surface area (Å²) in [6.45, 7) is 3.77. The largest absolute Gasteiger partial charge is 0.477 e. The Morgan fingerprint density at radius 3 is 2.68 bits per heavy atom. The van der Waals surface area contributed by atoms with E-state index in [9.17, 15) is 18.4 Å². The quantitative estimate of drug-likeness (QED) is 0.854. The summed E-state index contributed by atoms with van der Waals surface area (Å²) in [5.41, 5.74) is -1.26. The van der Waals surface area contributed by atoms with Crippen molar-refractivity contribution in [2.45, 2.75) is 6.42 Å². The molecule has 1 saturated heterocycles. The minimum absolute atomic E-state index is 0.120. The summed E-state index contributed by atoms with van der Waals surface area (Å²) in [7, 11) is 0. The number of carboxylic acids is 1. The molecule has 0 radical (unpaired) electrons. The Hall–Kier alpha value is -2.24. The van der Waals surface area contributed by atoms with Gasteiger partial charge in [-0.15, -0.1) is 6.58 Å². The molecule has 0 bridgehead atoms. The Kier molecular flexibility index (Phi) is 3.33. The van der Waals surface area contributed by atoms with E-state index in [-0.39, 0.29) is 30.5 Å². The number of nitrogens with zero attached hydrogens (tertiary/aromatic N) is 1. The van der Waals surface area contributed by atoms with Crippen molar-refractivity contribution in [1.82, 2.24) is 0 Å². The van der Waals surface area contributed by atoms with Crippen LogP contribution < -0.4 is 4.90 Å². The van der Waals surface area contributed by atoms with Crippen LogP contribution in [-0.2, 0) is 4.79 Å². The van der Waals surface area contributed by atoms with E-state index < -0.39 is 23.2 Å². The second-order valence-electron chi connectivity index (χ2n) is 4.26. The number of rotatable bonds is 3. The lowest BCUT2D eigenvalue weighted by molar-refractivity contribution is -0.117. The molecule has 0 saturated carbocycles. The zero-order valence-electron chi connectivity index (χ0n) is 9.90. The highest BCUT2D eigenvalue weighted by molar-refractivity contribution is 5.98. The fourth-order valence-electron chi connectivity index (χ4n) is 2.07. The van der Waals surface area contributed by atoms with E-state index in [1.807, 2.05) is 0 Å². The van der Waals surface area contributed by atoms with E-state index in [4.69, 9.17) is 5.11 Å². The number of carbonyl (C=O) groups is 2. The zero-order valence-corrected chi connectivity index (χ0v) is 9.90. The van der Waals surface area contributed by atoms with Crippen molar-refractivity contribution >= 4 is 17.6 Å². The number of amides is 1. The number of hydrogen-bond donors (Lipinski definition) is 1. The average molecular weight is 267 g/mol. The van der Waals surface area contributed by atoms with Crippen LogP contribution >= 0.6 is 0 Å². The van der Waals surface area contributed by atoms with Crippen molar-refractivity contribution in [3.05, 3.63) is 42.0 Å². The van der Waals surface area contributed by atoms with Crippen LogP contribution in [0.3, 0.4) is 0 Å². The Morgan fingerprint density at radius 1 is 1.47 bits per heavy atom. The van der Waals surface area contributed by atoms with E-state index in [2.05, 4.69) is 6.58 Å². The number of benzene rings is 1. The van der Waals surface area contributed by atoms with Crippen molar-refractivity contribution in [2.75, 3.05) is 11.4 Å². The normalized spacial score (nSPS) is 18.7. The number of aromatic carboxylic acids is 1. The van der Waals surface area contributed by atoms with Gasteiger partial charge in [0.15, 0.2) is 5.82 Å². The van der Waals surface area contributed by atoms with Gasteiger partial charge in [-0.2, -0.15) is 0 Å². The smallest absolute Gasteiger partial charge is 0.341 e. The minimum Gasteiger partial charge on any atom is -0.477 e. The molecule has 4 nitrogen and oxygen atoms in total. The summed E-state index contributed by atoms with van der Waals surface area (Å²) in [5.74, 6) is -4.56. The van der Waals surface area contributed by atoms with Crippen LogP contribution in [0.2, 0.25) is 0 Å². The standard InChI is InChI=1S/C13H11F2NO3/c1-2-7-5-10(17)16(6-7)9-4-3-8(14)11(12(9)15)13(18)19/h2-4,7H,1,5-6H2,(H,18,19). The molecule has 6 heteroatoms. The maximum Gasteiger partial charge on any atom is 0.341 e. The van der Waals surface area contributed by atoms with Crippen LogP contribution in [0.25, 0.3) is 0 Å². The third-order valence-corrected chi connectivity index (χ3v) is 3.06. The lowest BCUT2D eigenvalue weighted by Gasteiger charge is -2.18. The second kappa shape index (κ2) is 4.79. The monoisotopic (exact) mass is 267 g/mol. The van der Waals surface area contributed by atoms with E-state index in [1.54, 1.807) is 6.08 Å². The molecule has 19 heavy (non-hydrogen) atoms. The van der Waals surface area contributed by atoms with Gasteiger partial charge in [-0.05, 0) is 12.1 Å². The third kappa shape index (κ3) is 2.21. The first-order chi connectivity index (χ1) is 8.95. The molecule has 1 aromatic rings. The van der Waals surface area contributed by atoms with Gasteiger partial charge in [-0.3, -0.25) is 4.79 Å². The molecule has 0 aromatic heterocycles. The lowest BCUT2D eigenvalue weighted by Crippen LogP contribution is -2.26. The van der Waals surface area contributed by atoms with Gasteiger partial charge in [0.05, 0.1) is 5.69 Å². The summed E-state index contributed by atoms with van der Waals surface area (Å²) in [4.78, 5) is 23.7. The fraction of sp³-hybridized carbons (Fsp3) is 0.231. The van der Waals surface area contributed by atoms with E-state index in [0.29, 0.717) is 0 Å². The molecular weight excluding hydrogens is 256 g/mol. The molecule has 0 aliphatic carbocycles. The first-order valence-electron chi connectivity index (χ1n) is 5.60. The summed E-state index contributed by atoms with van der Waals surface area (Å²) in [6.07, 6.45) is 1.76. The van der Waals surface area contributed by atoms with Gasteiger partial charge >= 0.3 is 5.97 Å². The number of halogens is 2. The molecule has 2 rings (SSSR count). The Balaban J connectivity index is 2.47. The molecule has 1 amide bonds. The SMILES string of the molecule is C=CC1CC(=O)N(c2ccc(F)c(C(=O)O)c2F)C1. The highest BCUT2D eigenvalue weighted by Gasteiger charge is 2.32. The van der Waals surface area contributed by atoms with Gasteiger partial charge in [0, 0.05) is 18.9 Å². The fourth-order valence-corrected chi connectivity index (χ4v) is 2.07. The van der Waals surface area contributed by atoms with Crippen molar-refractivity contribution in [3.63, 3.8) is 0 Å². The topological polar surface area (TPSA) is 57.6 Å². The predicted octanol–water partition coefficient (Wildman–Crippen LogP) is 2.20. The van der Waals surface area contributed by atoms with Crippen molar-refractivity contribution in [1.29, 1.82) is 0 Å². The van der Waals surface area contributed by atoms with Crippen LogP contribution in [0.1, 0.15) is 16.8 Å². The number of carbonyl (C=O) groups excluding carboxylic acids is 1. The van der Waals surface area contributed by atoms with Crippen LogP contribution in [0.5, 0.6) is 0 Å². The van der Waals surface area contributed by atoms with Gasteiger partial charge in [0.2, 0.25) is 5.91 Å². The molecule has 0 spiro atoms. The molecule has 1 aliphatic rings. The maximum atomic E-state index is 14.0. The van der Waals surface area contributed by atoms with Crippen molar-refractivity contribution in [2.24, 2.45) is 5.92 Å².